The number of hydrogen-bond donors (Lipinski definition) is 0. The molecule has 0 radical (unpaired) electrons. The summed E-state index contributed by atoms with van der Waals surface area (Å²) in [7, 11) is -2.39. The first-order valence-corrected chi connectivity index (χ1v) is 11.7. The fraction of sp³-hybridized carbons (Fsp3) is 0.217. The molecule has 0 N–H and O–H groups in total. The summed E-state index contributed by atoms with van der Waals surface area (Å²) in [6, 6.07) is 16.8. The molecule has 1 aliphatic carbocycles. The molecular formula is C23H22ClN3O3S. The van der Waals surface area contributed by atoms with E-state index in [0.717, 1.165) is 22.7 Å². The van der Waals surface area contributed by atoms with E-state index in [4.69, 9.17) is 11.6 Å². The van der Waals surface area contributed by atoms with Crippen LogP contribution in [0.1, 0.15) is 28.8 Å². The third-order valence-electron chi connectivity index (χ3n) is 5.26. The van der Waals surface area contributed by atoms with Gasteiger partial charge in [-0.1, -0.05) is 23.7 Å². The van der Waals surface area contributed by atoms with Gasteiger partial charge in [-0.05, 0) is 66.9 Å². The van der Waals surface area contributed by atoms with Gasteiger partial charge in [-0.25, -0.2) is 8.42 Å². The molecule has 0 unspecified atom stereocenters. The molecule has 0 aliphatic heterocycles. The van der Waals surface area contributed by atoms with E-state index in [1.54, 1.807) is 48.8 Å². The Bertz CT molecular complexity index is 1200. The number of sulfonamides is 1. The number of rotatable bonds is 7. The van der Waals surface area contributed by atoms with Crippen molar-refractivity contribution >= 4 is 33.2 Å². The molecule has 31 heavy (non-hydrogen) atoms. The summed E-state index contributed by atoms with van der Waals surface area (Å²) in [4.78, 5) is 19.2. The van der Waals surface area contributed by atoms with Crippen molar-refractivity contribution in [2.45, 2.75) is 30.3 Å². The highest BCUT2D eigenvalue weighted by molar-refractivity contribution is 7.92. The number of nitrogens with zero attached hydrogens (tertiary/aromatic N) is 3. The van der Waals surface area contributed by atoms with E-state index in [9.17, 15) is 13.2 Å². The van der Waals surface area contributed by atoms with E-state index in [1.165, 1.54) is 19.2 Å². The first kappa shape index (κ1) is 21.3. The number of carbonyl (C=O) groups is 1. The van der Waals surface area contributed by atoms with Crippen molar-refractivity contribution in [2.75, 3.05) is 11.4 Å². The second-order valence-corrected chi connectivity index (χ2v) is 9.91. The molecule has 1 saturated carbocycles. The fourth-order valence-electron chi connectivity index (χ4n) is 3.36. The second-order valence-electron chi connectivity index (χ2n) is 7.50. The van der Waals surface area contributed by atoms with Crippen molar-refractivity contribution in [2.24, 2.45) is 0 Å². The zero-order chi connectivity index (χ0) is 22.0. The van der Waals surface area contributed by atoms with Crippen LogP contribution in [-0.2, 0) is 16.6 Å². The molecule has 2 aromatic carbocycles. The monoisotopic (exact) mass is 455 g/mol. The zero-order valence-electron chi connectivity index (χ0n) is 17.0. The van der Waals surface area contributed by atoms with E-state index in [-0.39, 0.29) is 16.8 Å². The van der Waals surface area contributed by atoms with Crippen molar-refractivity contribution < 1.29 is 13.2 Å². The maximum Gasteiger partial charge on any atom is 0.264 e. The molecule has 4 rings (SSSR count). The lowest BCUT2D eigenvalue weighted by Crippen LogP contribution is -2.33. The highest BCUT2D eigenvalue weighted by Gasteiger charge is 2.33. The van der Waals surface area contributed by atoms with Gasteiger partial charge < -0.3 is 4.90 Å². The molecule has 0 bridgehead atoms. The van der Waals surface area contributed by atoms with E-state index in [2.05, 4.69) is 4.98 Å². The van der Waals surface area contributed by atoms with E-state index < -0.39 is 10.0 Å². The highest BCUT2D eigenvalue weighted by atomic mass is 35.5. The SMILES string of the molecule is CN(c1cccc(Cl)c1)S(=O)(=O)c1cccc(C(=O)N(Cc2ccncc2)C2CC2)c1. The topological polar surface area (TPSA) is 70.6 Å². The van der Waals surface area contributed by atoms with Crippen LogP contribution in [-0.4, -0.2) is 37.3 Å². The number of anilines is 1. The minimum absolute atomic E-state index is 0.0560. The third kappa shape index (κ3) is 4.73. The summed E-state index contributed by atoms with van der Waals surface area (Å²) in [5.74, 6) is -0.179. The van der Waals surface area contributed by atoms with Crippen LogP contribution in [0.3, 0.4) is 0 Å². The molecule has 1 amide bonds. The lowest BCUT2D eigenvalue weighted by molar-refractivity contribution is 0.0729. The van der Waals surface area contributed by atoms with Crippen molar-refractivity contribution in [1.82, 2.24) is 9.88 Å². The first-order valence-electron chi connectivity index (χ1n) is 9.91. The molecule has 1 aromatic heterocycles. The molecule has 0 atom stereocenters. The molecule has 1 fully saturated rings. The molecule has 6 nitrogen and oxygen atoms in total. The van der Waals surface area contributed by atoms with Crippen molar-refractivity contribution in [1.29, 1.82) is 0 Å². The standard InChI is InChI=1S/C23H22ClN3O3S/c1-26(21-6-3-5-19(24)15-21)31(29,30)22-7-2-4-18(14-22)23(28)27(20-8-9-20)16-17-10-12-25-13-11-17/h2-7,10-15,20H,8-9,16H2,1H3. The Morgan fingerprint density at radius 1 is 1.06 bits per heavy atom. The number of hydrogen-bond acceptors (Lipinski definition) is 4. The van der Waals surface area contributed by atoms with Gasteiger partial charge in [0.05, 0.1) is 10.6 Å². The molecule has 8 heteroatoms. The number of benzene rings is 2. The van der Waals surface area contributed by atoms with Crippen LogP contribution < -0.4 is 4.31 Å². The number of halogens is 1. The Kier molecular flexibility index (Phi) is 5.98. The number of amides is 1. The van der Waals surface area contributed by atoms with Crippen LogP contribution in [0.2, 0.25) is 5.02 Å². The zero-order valence-corrected chi connectivity index (χ0v) is 18.6. The Hall–Kier alpha value is -2.90. The lowest BCUT2D eigenvalue weighted by Gasteiger charge is -2.23. The summed E-state index contributed by atoms with van der Waals surface area (Å²) in [6.45, 7) is 0.464. The normalized spacial score (nSPS) is 13.6. The van der Waals surface area contributed by atoms with Gasteiger partial charge in [-0.2, -0.15) is 0 Å². The smallest absolute Gasteiger partial charge is 0.264 e. The van der Waals surface area contributed by atoms with Gasteiger partial charge in [-0.3, -0.25) is 14.1 Å². The molecule has 0 saturated heterocycles. The summed E-state index contributed by atoms with van der Waals surface area (Å²) in [5, 5.41) is 0.444. The minimum atomic E-state index is -3.86. The second kappa shape index (κ2) is 8.69. The largest absolute Gasteiger partial charge is 0.331 e. The predicted molar refractivity (Wildman–Crippen MR) is 121 cm³/mol. The number of pyridine rings is 1. The van der Waals surface area contributed by atoms with Gasteiger partial charge in [-0.15, -0.1) is 0 Å². The molecule has 0 spiro atoms. The Labute approximate surface area is 187 Å². The van der Waals surface area contributed by atoms with Crippen LogP contribution >= 0.6 is 11.6 Å². The van der Waals surface area contributed by atoms with Crippen molar-refractivity contribution in [3.05, 3.63) is 89.2 Å². The molecule has 3 aromatic rings. The molecular weight excluding hydrogens is 434 g/mol. The van der Waals surface area contributed by atoms with Crippen LogP contribution in [0.25, 0.3) is 0 Å². The Morgan fingerprint density at radius 3 is 2.45 bits per heavy atom. The van der Waals surface area contributed by atoms with Gasteiger partial charge in [0.1, 0.15) is 0 Å². The van der Waals surface area contributed by atoms with Crippen molar-refractivity contribution in [3.8, 4) is 0 Å². The highest BCUT2D eigenvalue weighted by Crippen LogP contribution is 2.31. The van der Waals surface area contributed by atoms with Gasteiger partial charge in [0.2, 0.25) is 0 Å². The van der Waals surface area contributed by atoms with Crippen LogP contribution in [0, 0.1) is 0 Å². The summed E-state index contributed by atoms with van der Waals surface area (Å²) >= 11 is 6.01. The quantitative estimate of drug-likeness (QED) is 0.530. The van der Waals surface area contributed by atoms with E-state index in [1.807, 2.05) is 17.0 Å². The van der Waals surface area contributed by atoms with E-state index in [0.29, 0.717) is 22.8 Å². The maximum atomic E-state index is 13.3. The number of carbonyl (C=O) groups excluding carboxylic acids is 1. The summed E-state index contributed by atoms with van der Waals surface area (Å²) in [6.07, 6.45) is 5.30. The Morgan fingerprint density at radius 2 is 1.77 bits per heavy atom. The number of aromatic nitrogens is 1. The van der Waals surface area contributed by atoms with Crippen LogP contribution in [0.5, 0.6) is 0 Å². The van der Waals surface area contributed by atoms with Crippen molar-refractivity contribution in [3.63, 3.8) is 0 Å². The lowest BCUT2D eigenvalue weighted by atomic mass is 10.1. The summed E-state index contributed by atoms with van der Waals surface area (Å²) < 4.78 is 27.5. The Balaban J connectivity index is 1.61. The summed E-state index contributed by atoms with van der Waals surface area (Å²) in [5.41, 5.74) is 1.78. The average Bonchev–Trinajstić information content (AvgIpc) is 3.62. The first-order chi connectivity index (χ1) is 14.9. The van der Waals surface area contributed by atoms with Crippen LogP contribution in [0.15, 0.2) is 78.0 Å². The molecule has 1 aliphatic rings. The fourth-order valence-corrected chi connectivity index (χ4v) is 4.78. The van der Waals surface area contributed by atoms with Gasteiger partial charge >= 0.3 is 0 Å². The maximum absolute atomic E-state index is 13.3. The third-order valence-corrected chi connectivity index (χ3v) is 7.28. The minimum Gasteiger partial charge on any atom is -0.331 e. The molecule has 160 valence electrons. The van der Waals surface area contributed by atoms with Crippen LogP contribution in [0.4, 0.5) is 5.69 Å². The van der Waals surface area contributed by atoms with Gasteiger partial charge in [0.25, 0.3) is 15.9 Å². The van der Waals surface area contributed by atoms with Gasteiger partial charge in [0, 0.05) is 42.6 Å². The predicted octanol–water partition coefficient (Wildman–Crippen LogP) is 4.36. The van der Waals surface area contributed by atoms with Gasteiger partial charge in [0.15, 0.2) is 0 Å². The van der Waals surface area contributed by atoms with E-state index >= 15 is 0 Å². The average molecular weight is 456 g/mol. The molecule has 1 heterocycles.